The molecule has 0 N–H and O–H groups in total. The molecule has 3 aliphatic carbocycles. The minimum absolute atomic E-state index is 0.435. The zero-order valence-corrected chi connectivity index (χ0v) is 26.3. The lowest BCUT2D eigenvalue weighted by Crippen LogP contribution is -2.43. The van der Waals surface area contributed by atoms with Crippen molar-refractivity contribution in [3.05, 3.63) is 201 Å². The molecular weight excluding hydrogens is 596 g/mol. The van der Waals surface area contributed by atoms with Gasteiger partial charge in [-0.05, 0) is 85.0 Å². The zero-order chi connectivity index (χ0) is 30.2. The molecule has 0 saturated heterocycles. The molecule has 0 fully saturated rings. The molecule has 46 heavy (non-hydrogen) atoms. The fourth-order valence-electron chi connectivity index (χ4n) is 9.53. The molecule has 2 heteroatoms. The minimum Gasteiger partial charge on any atom is -0.135 e. The van der Waals surface area contributed by atoms with Gasteiger partial charge in [0.25, 0.3) is 0 Å². The Balaban J connectivity index is 1.39. The van der Waals surface area contributed by atoms with Crippen LogP contribution in [-0.4, -0.2) is 0 Å². The molecule has 0 unspecified atom stereocenters. The second kappa shape index (κ2) is 8.65. The number of thiophene rings is 1. The Kier molecular flexibility index (Phi) is 4.75. The van der Waals surface area contributed by atoms with Gasteiger partial charge in [-0.2, -0.15) is 0 Å². The standard InChI is InChI=1S/C44H25ClS/c45-26-21-24-35-32(25-26)30-22-23-31-29-13-3-10-20-40(29)46-42(31)41(30)44(35)38-18-8-6-16-36(38)43(37-17-7-9-19-39(37)44)33-14-4-1-11-27(33)28-12-2-5-15-34(28)43/h1-25H. The third kappa shape index (κ3) is 2.72. The quantitative estimate of drug-likeness (QED) is 0.158. The number of hydrogen-bond donors (Lipinski definition) is 0. The summed E-state index contributed by atoms with van der Waals surface area (Å²) < 4.78 is 2.68. The molecule has 0 nitrogen and oxygen atoms in total. The van der Waals surface area contributed by atoms with E-state index >= 15 is 0 Å². The number of halogens is 1. The molecule has 2 spiro atoms. The van der Waals surface area contributed by atoms with E-state index in [9.17, 15) is 0 Å². The van der Waals surface area contributed by atoms with Gasteiger partial charge in [0.15, 0.2) is 0 Å². The Morgan fingerprint density at radius 2 is 0.913 bits per heavy atom. The van der Waals surface area contributed by atoms with Gasteiger partial charge in [0.05, 0.1) is 10.8 Å². The molecule has 8 aromatic rings. The first-order valence-corrected chi connectivity index (χ1v) is 17.1. The van der Waals surface area contributed by atoms with E-state index in [0.29, 0.717) is 0 Å². The van der Waals surface area contributed by atoms with E-state index in [4.69, 9.17) is 11.6 Å². The second-order valence-corrected chi connectivity index (χ2v) is 14.3. The Morgan fingerprint density at radius 3 is 1.57 bits per heavy atom. The lowest BCUT2D eigenvalue weighted by molar-refractivity contribution is 0.636. The number of rotatable bonds is 0. The largest absolute Gasteiger partial charge is 0.135 e. The van der Waals surface area contributed by atoms with Crippen molar-refractivity contribution < 1.29 is 0 Å². The Morgan fingerprint density at radius 1 is 0.391 bits per heavy atom. The van der Waals surface area contributed by atoms with Crippen molar-refractivity contribution in [1.82, 2.24) is 0 Å². The highest BCUT2D eigenvalue weighted by molar-refractivity contribution is 7.26. The van der Waals surface area contributed by atoms with E-state index in [-0.39, 0.29) is 0 Å². The van der Waals surface area contributed by atoms with Gasteiger partial charge < -0.3 is 0 Å². The molecule has 0 atom stereocenters. The first kappa shape index (κ1) is 25.3. The van der Waals surface area contributed by atoms with Crippen LogP contribution in [0, 0.1) is 0 Å². The number of benzene rings is 7. The molecule has 11 rings (SSSR count). The Bertz CT molecular complexity index is 2530. The third-order valence-corrected chi connectivity index (χ3v) is 12.5. The van der Waals surface area contributed by atoms with E-state index in [1.165, 1.54) is 86.9 Å². The highest BCUT2D eigenvalue weighted by Crippen LogP contribution is 2.68. The van der Waals surface area contributed by atoms with Crippen LogP contribution in [0.2, 0.25) is 5.02 Å². The highest BCUT2D eigenvalue weighted by Gasteiger charge is 2.59. The van der Waals surface area contributed by atoms with Crippen LogP contribution in [0.1, 0.15) is 44.5 Å². The van der Waals surface area contributed by atoms with Crippen molar-refractivity contribution in [2.24, 2.45) is 0 Å². The maximum atomic E-state index is 6.81. The molecule has 0 bridgehead atoms. The molecule has 214 valence electrons. The molecule has 0 radical (unpaired) electrons. The molecule has 0 saturated carbocycles. The molecule has 0 amide bonds. The van der Waals surface area contributed by atoms with Crippen LogP contribution in [0.15, 0.2) is 152 Å². The van der Waals surface area contributed by atoms with Gasteiger partial charge in [-0.25, -0.2) is 0 Å². The van der Waals surface area contributed by atoms with Gasteiger partial charge in [0.2, 0.25) is 0 Å². The second-order valence-electron chi connectivity index (χ2n) is 12.8. The zero-order valence-electron chi connectivity index (χ0n) is 24.7. The van der Waals surface area contributed by atoms with Crippen molar-refractivity contribution in [2.45, 2.75) is 10.8 Å². The average Bonchev–Trinajstić information content (AvgIpc) is 3.73. The lowest BCUT2D eigenvalue weighted by Gasteiger charge is -2.48. The molecule has 7 aromatic carbocycles. The summed E-state index contributed by atoms with van der Waals surface area (Å²) in [4.78, 5) is 0. The van der Waals surface area contributed by atoms with Crippen LogP contribution in [-0.2, 0) is 10.8 Å². The van der Waals surface area contributed by atoms with Gasteiger partial charge in [0, 0.05) is 25.2 Å². The predicted octanol–water partition coefficient (Wildman–Crippen LogP) is 11.7. The summed E-state index contributed by atoms with van der Waals surface area (Å²) in [6, 6.07) is 56.9. The van der Waals surface area contributed by atoms with Crippen molar-refractivity contribution in [3.8, 4) is 22.3 Å². The van der Waals surface area contributed by atoms with Gasteiger partial charge in [-0.1, -0.05) is 145 Å². The number of hydrogen-bond acceptors (Lipinski definition) is 1. The summed E-state index contributed by atoms with van der Waals surface area (Å²) in [7, 11) is 0. The lowest BCUT2D eigenvalue weighted by atomic mass is 9.52. The summed E-state index contributed by atoms with van der Waals surface area (Å²) in [6.45, 7) is 0. The van der Waals surface area contributed by atoms with Gasteiger partial charge >= 0.3 is 0 Å². The minimum atomic E-state index is -0.513. The fraction of sp³-hybridized carbons (Fsp3) is 0.0455. The molecule has 1 heterocycles. The van der Waals surface area contributed by atoms with Crippen molar-refractivity contribution in [3.63, 3.8) is 0 Å². The van der Waals surface area contributed by atoms with Crippen LogP contribution >= 0.6 is 22.9 Å². The van der Waals surface area contributed by atoms with Crippen LogP contribution < -0.4 is 0 Å². The van der Waals surface area contributed by atoms with Gasteiger partial charge in [-0.15, -0.1) is 11.3 Å². The summed E-state index contributed by atoms with van der Waals surface area (Å²) in [5.74, 6) is 0. The van der Waals surface area contributed by atoms with Crippen LogP contribution in [0.5, 0.6) is 0 Å². The van der Waals surface area contributed by atoms with E-state index in [2.05, 4.69) is 152 Å². The third-order valence-electron chi connectivity index (χ3n) is 11.0. The highest BCUT2D eigenvalue weighted by atomic mass is 35.5. The monoisotopic (exact) mass is 620 g/mol. The predicted molar refractivity (Wildman–Crippen MR) is 193 cm³/mol. The SMILES string of the molecule is Clc1ccc2c(c1)-c1ccc3c(sc4ccccc43)c1C21c2ccccc2C2(c3ccccc3-c3ccccc32)c2ccccc21. The van der Waals surface area contributed by atoms with Crippen LogP contribution in [0.3, 0.4) is 0 Å². The molecule has 1 aromatic heterocycles. The van der Waals surface area contributed by atoms with Gasteiger partial charge in [0.1, 0.15) is 0 Å². The normalized spacial score (nSPS) is 15.4. The van der Waals surface area contributed by atoms with E-state index in [1.54, 1.807) is 0 Å². The Hall–Kier alpha value is -4.95. The van der Waals surface area contributed by atoms with E-state index in [0.717, 1.165) is 5.02 Å². The maximum absolute atomic E-state index is 6.81. The number of fused-ring (bicyclic) bond motifs is 20. The van der Waals surface area contributed by atoms with Crippen molar-refractivity contribution >= 4 is 43.1 Å². The smallest absolute Gasteiger partial charge is 0.0734 e. The van der Waals surface area contributed by atoms with E-state index in [1.807, 2.05) is 11.3 Å². The first-order chi connectivity index (χ1) is 22.7. The van der Waals surface area contributed by atoms with Crippen LogP contribution in [0.25, 0.3) is 42.4 Å². The average molecular weight is 621 g/mol. The summed E-state index contributed by atoms with van der Waals surface area (Å²) in [6.07, 6.45) is 0. The Labute approximate surface area is 276 Å². The summed E-state index contributed by atoms with van der Waals surface area (Å²) >= 11 is 8.74. The topological polar surface area (TPSA) is 0 Å². The molecule has 3 aliphatic rings. The van der Waals surface area contributed by atoms with Crippen molar-refractivity contribution in [1.29, 1.82) is 0 Å². The summed E-state index contributed by atoms with van der Waals surface area (Å²) in [5, 5.41) is 3.41. The van der Waals surface area contributed by atoms with Crippen molar-refractivity contribution in [2.75, 3.05) is 0 Å². The van der Waals surface area contributed by atoms with E-state index < -0.39 is 10.8 Å². The fourth-order valence-corrected chi connectivity index (χ4v) is 11.0. The molecular formula is C44H25ClS. The molecule has 0 aliphatic heterocycles. The first-order valence-electron chi connectivity index (χ1n) is 15.9. The van der Waals surface area contributed by atoms with Crippen LogP contribution in [0.4, 0.5) is 0 Å². The van der Waals surface area contributed by atoms with Gasteiger partial charge in [-0.3, -0.25) is 0 Å². The summed E-state index contributed by atoms with van der Waals surface area (Å²) in [5.41, 5.74) is 15.1. The maximum Gasteiger partial charge on any atom is 0.0734 e.